The third-order valence-corrected chi connectivity index (χ3v) is 5.65. The number of sulfone groups is 1. The molecule has 1 heterocycles. The first-order chi connectivity index (χ1) is 12.5. The van der Waals surface area contributed by atoms with Crippen LogP contribution in [0.5, 0.6) is 0 Å². The Labute approximate surface area is 154 Å². The van der Waals surface area contributed by atoms with Crippen molar-refractivity contribution < 1.29 is 13.2 Å². The van der Waals surface area contributed by atoms with E-state index in [4.69, 9.17) is 4.74 Å². The Balaban J connectivity index is 1.69. The number of piperazine rings is 1. The van der Waals surface area contributed by atoms with E-state index in [1.807, 2.05) is 30.3 Å². The molecule has 2 aromatic rings. The molecule has 26 heavy (non-hydrogen) atoms. The summed E-state index contributed by atoms with van der Waals surface area (Å²) in [6.07, 6.45) is 1.10. The molecule has 1 fully saturated rings. The number of hydrogen-bond donors (Lipinski definition) is 3. The first-order valence-corrected chi connectivity index (χ1v) is 10.5. The molecular weight excluding hydrogens is 350 g/mol. The van der Waals surface area contributed by atoms with Crippen molar-refractivity contribution in [3.05, 3.63) is 65.7 Å². The molecule has 140 valence electrons. The van der Waals surface area contributed by atoms with Gasteiger partial charge in [0, 0.05) is 26.5 Å². The van der Waals surface area contributed by atoms with Crippen LogP contribution in [0.1, 0.15) is 17.2 Å². The van der Waals surface area contributed by atoms with Crippen LogP contribution in [0, 0.1) is 0 Å². The quantitative estimate of drug-likeness (QED) is 0.709. The second kappa shape index (κ2) is 8.28. The van der Waals surface area contributed by atoms with Gasteiger partial charge in [-0.15, -0.1) is 0 Å². The summed E-state index contributed by atoms with van der Waals surface area (Å²) in [5, 5.41) is 10.4. The summed E-state index contributed by atoms with van der Waals surface area (Å²) in [5.74, 6) is 0. The Morgan fingerprint density at radius 3 is 2.42 bits per heavy atom. The largest absolute Gasteiger partial charge is 0.365 e. The van der Waals surface area contributed by atoms with Crippen LogP contribution >= 0.6 is 0 Å². The average molecular weight is 375 g/mol. The minimum absolute atomic E-state index is 0.0705. The van der Waals surface area contributed by atoms with Crippen LogP contribution < -0.4 is 16.0 Å². The number of methoxy groups -OCH3 is 1. The molecule has 3 N–H and O–H groups in total. The van der Waals surface area contributed by atoms with Crippen LogP contribution in [0.3, 0.4) is 0 Å². The van der Waals surface area contributed by atoms with Gasteiger partial charge in [0.2, 0.25) is 0 Å². The van der Waals surface area contributed by atoms with Crippen molar-refractivity contribution in [1.29, 1.82) is 0 Å². The maximum Gasteiger partial charge on any atom is 0.175 e. The molecule has 3 atom stereocenters. The molecule has 3 rings (SSSR count). The lowest BCUT2D eigenvalue weighted by Crippen LogP contribution is -2.61. The molecule has 7 heteroatoms. The molecule has 0 amide bonds. The maximum absolute atomic E-state index is 11.7. The van der Waals surface area contributed by atoms with E-state index < -0.39 is 9.84 Å². The molecule has 1 aliphatic rings. The Morgan fingerprint density at radius 1 is 1.12 bits per heavy atom. The first kappa shape index (κ1) is 19.0. The molecule has 1 saturated heterocycles. The van der Waals surface area contributed by atoms with E-state index in [-0.39, 0.29) is 18.4 Å². The molecule has 0 bridgehead atoms. The number of rotatable bonds is 6. The summed E-state index contributed by atoms with van der Waals surface area (Å²) in [5.41, 5.74) is 2.19. The van der Waals surface area contributed by atoms with Crippen molar-refractivity contribution in [2.45, 2.75) is 29.9 Å². The molecule has 0 aromatic heterocycles. The van der Waals surface area contributed by atoms with Crippen LogP contribution in [0.25, 0.3) is 0 Å². The molecule has 0 radical (unpaired) electrons. The predicted molar refractivity (Wildman–Crippen MR) is 101 cm³/mol. The lowest BCUT2D eigenvalue weighted by Gasteiger charge is -2.38. The predicted octanol–water partition coefficient (Wildman–Crippen LogP) is 1.41. The van der Waals surface area contributed by atoms with E-state index in [1.54, 1.807) is 19.2 Å². The molecule has 1 aliphatic heterocycles. The summed E-state index contributed by atoms with van der Waals surface area (Å²) in [7, 11) is -1.54. The first-order valence-electron chi connectivity index (χ1n) is 8.57. The van der Waals surface area contributed by atoms with E-state index in [0.29, 0.717) is 4.90 Å². The highest BCUT2D eigenvalue weighted by molar-refractivity contribution is 7.90. The average Bonchev–Trinajstić information content (AvgIpc) is 2.66. The summed E-state index contributed by atoms with van der Waals surface area (Å²) in [6, 6.07) is 17.1. The molecular formula is C19H25N3O3S. The van der Waals surface area contributed by atoms with Gasteiger partial charge in [0.15, 0.2) is 9.84 Å². The number of benzene rings is 2. The zero-order chi connectivity index (χ0) is 18.6. The lowest BCUT2D eigenvalue weighted by atomic mass is 10.0. The highest BCUT2D eigenvalue weighted by Gasteiger charge is 2.30. The van der Waals surface area contributed by atoms with Crippen LogP contribution in [0.2, 0.25) is 0 Å². The third-order valence-electron chi connectivity index (χ3n) is 4.52. The van der Waals surface area contributed by atoms with Crippen LogP contribution in [0.15, 0.2) is 59.5 Å². The monoisotopic (exact) mass is 375 g/mol. The number of hydrogen-bond acceptors (Lipinski definition) is 6. The standard InChI is InChI=1S/C19H25N3O3S/c1-25-19-18(15-8-10-16(11-9-15)26(2,23)24)22-17(13-21-19)20-12-14-6-4-3-5-7-14/h3-11,17-22H,12-13H2,1-2H3. The van der Waals surface area contributed by atoms with Crippen molar-refractivity contribution >= 4 is 9.84 Å². The van der Waals surface area contributed by atoms with E-state index in [9.17, 15) is 8.42 Å². The minimum atomic E-state index is -3.20. The lowest BCUT2D eigenvalue weighted by molar-refractivity contribution is 0.0120. The van der Waals surface area contributed by atoms with Gasteiger partial charge >= 0.3 is 0 Å². The molecule has 6 nitrogen and oxygen atoms in total. The van der Waals surface area contributed by atoms with Crippen molar-refractivity contribution in [2.75, 3.05) is 19.9 Å². The molecule has 0 saturated carbocycles. The second-order valence-corrected chi connectivity index (χ2v) is 8.48. The Bertz CT molecular complexity index is 810. The topological polar surface area (TPSA) is 79.5 Å². The smallest absolute Gasteiger partial charge is 0.175 e. The summed E-state index contributed by atoms with van der Waals surface area (Å²) >= 11 is 0. The van der Waals surface area contributed by atoms with E-state index >= 15 is 0 Å². The van der Waals surface area contributed by atoms with Gasteiger partial charge in [0.25, 0.3) is 0 Å². The summed E-state index contributed by atoms with van der Waals surface area (Å²) in [6.45, 7) is 1.49. The van der Waals surface area contributed by atoms with Gasteiger partial charge in [-0.2, -0.15) is 0 Å². The van der Waals surface area contributed by atoms with Gasteiger partial charge in [0.1, 0.15) is 6.23 Å². The van der Waals surface area contributed by atoms with Crippen molar-refractivity contribution in [1.82, 2.24) is 16.0 Å². The van der Waals surface area contributed by atoms with E-state index in [0.717, 1.165) is 18.7 Å². The van der Waals surface area contributed by atoms with Crippen LogP contribution in [0.4, 0.5) is 0 Å². The van der Waals surface area contributed by atoms with Crippen LogP contribution in [-0.4, -0.2) is 40.7 Å². The summed E-state index contributed by atoms with van der Waals surface area (Å²) in [4.78, 5) is 0.317. The number of nitrogens with one attached hydrogen (secondary N) is 3. The van der Waals surface area contributed by atoms with Gasteiger partial charge in [-0.05, 0) is 23.3 Å². The fourth-order valence-corrected chi connectivity index (χ4v) is 3.73. The van der Waals surface area contributed by atoms with Gasteiger partial charge in [-0.3, -0.25) is 16.0 Å². The zero-order valence-corrected chi connectivity index (χ0v) is 15.8. The maximum atomic E-state index is 11.7. The zero-order valence-electron chi connectivity index (χ0n) is 15.0. The molecule has 3 unspecified atom stereocenters. The number of ether oxygens (including phenoxy) is 1. The second-order valence-electron chi connectivity index (χ2n) is 6.47. The van der Waals surface area contributed by atoms with Crippen molar-refractivity contribution in [3.63, 3.8) is 0 Å². The highest BCUT2D eigenvalue weighted by atomic mass is 32.2. The highest BCUT2D eigenvalue weighted by Crippen LogP contribution is 2.22. The fourth-order valence-electron chi connectivity index (χ4n) is 3.10. The Kier molecular flexibility index (Phi) is 6.05. The Hall–Kier alpha value is -1.77. The Morgan fingerprint density at radius 2 is 1.81 bits per heavy atom. The summed E-state index contributed by atoms with van der Waals surface area (Å²) < 4.78 is 28.8. The molecule has 0 aliphatic carbocycles. The normalized spacial score (nSPS) is 23.7. The van der Waals surface area contributed by atoms with E-state index in [1.165, 1.54) is 11.8 Å². The van der Waals surface area contributed by atoms with Crippen molar-refractivity contribution in [2.24, 2.45) is 0 Å². The fraction of sp³-hybridized carbons (Fsp3) is 0.368. The van der Waals surface area contributed by atoms with Gasteiger partial charge in [-0.1, -0.05) is 42.5 Å². The van der Waals surface area contributed by atoms with Gasteiger partial charge in [-0.25, -0.2) is 8.42 Å². The molecule has 0 spiro atoms. The van der Waals surface area contributed by atoms with E-state index in [2.05, 4.69) is 28.1 Å². The van der Waals surface area contributed by atoms with Gasteiger partial charge < -0.3 is 4.74 Å². The SMILES string of the molecule is COC1NCC(NCc2ccccc2)NC1c1ccc(S(C)(=O)=O)cc1. The van der Waals surface area contributed by atoms with Crippen molar-refractivity contribution in [3.8, 4) is 0 Å². The van der Waals surface area contributed by atoms with Crippen LogP contribution in [-0.2, 0) is 21.1 Å². The van der Waals surface area contributed by atoms with Gasteiger partial charge in [0.05, 0.1) is 17.1 Å². The third kappa shape index (κ3) is 4.69. The minimum Gasteiger partial charge on any atom is -0.365 e. The molecule has 2 aromatic carbocycles.